The van der Waals surface area contributed by atoms with Crippen molar-refractivity contribution in [1.82, 2.24) is 14.7 Å². The van der Waals surface area contributed by atoms with Crippen LogP contribution < -0.4 is 5.73 Å². The number of aromatic nitrogens is 2. The summed E-state index contributed by atoms with van der Waals surface area (Å²) in [5.41, 5.74) is 6.35. The number of likely N-dealkylation sites (N-methyl/N-ethyl adjacent to an activating group) is 1. The standard InChI is InChI=1S/C10H18N4S/c1-13(10-2-5-15-8-10)3-4-14-7-9(11)6-12-14/h6-7,10H,2-5,8,11H2,1H3. The fourth-order valence-electron chi connectivity index (χ4n) is 1.81. The molecule has 1 aromatic rings. The highest BCUT2D eigenvalue weighted by Gasteiger charge is 2.19. The number of nitrogens with zero attached hydrogens (tertiary/aromatic N) is 3. The van der Waals surface area contributed by atoms with E-state index in [0.29, 0.717) is 0 Å². The van der Waals surface area contributed by atoms with E-state index in [0.717, 1.165) is 24.8 Å². The van der Waals surface area contributed by atoms with Crippen molar-refractivity contribution in [2.45, 2.75) is 19.0 Å². The van der Waals surface area contributed by atoms with Gasteiger partial charge in [0, 0.05) is 24.5 Å². The van der Waals surface area contributed by atoms with Crippen molar-refractivity contribution in [1.29, 1.82) is 0 Å². The zero-order valence-corrected chi connectivity index (χ0v) is 9.91. The minimum Gasteiger partial charge on any atom is -0.396 e. The van der Waals surface area contributed by atoms with Crippen LogP contribution in [0.25, 0.3) is 0 Å². The number of hydrogen-bond acceptors (Lipinski definition) is 4. The summed E-state index contributed by atoms with van der Waals surface area (Å²) in [6.07, 6.45) is 4.91. The van der Waals surface area contributed by atoms with E-state index in [2.05, 4.69) is 28.8 Å². The Labute approximate surface area is 94.8 Å². The quantitative estimate of drug-likeness (QED) is 0.829. The van der Waals surface area contributed by atoms with E-state index in [1.807, 2.05) is 10.9 Å². The van der Waals surface area contributed by atoms with Crippen LogP contribution in [-0.2, 0) is 6.54 Å². The molecule has 1 unspecified atom stereocenters. The van der Waals surface area contributed by atoms with Crippen LogP contribution in [0, 0.1) is 0 Å². The number of thioether (sulfide) groups is 1. The molecule has 1 aliphatic rings. The number of hydrogen-bond donors (Lipinski definition) is 1. The average Bonchev–Trinajstić information content (AvgIpc) is 2.84. The predicted molar refractivity (Wildman–Crippen MR) is 65.0 cm³/mol. The van der Waals surface area contributed by atoms with Gasteiger partial charge in [-0.2, -0.15) is 16.9 Å². The summed E-state index contributed by atoms with van der Waals surface area (Å²) < 4.78 is 1.91. The lowest BCUT2D eigenvalue weighted by Gasteiger charge is -2.23. The molecule has 1 saturated heterocycles. The van der Waals surface area contributed by atoms with Gasteiger partial charge in [-0.1, -0.05) is 0 Å². The SMILES string of the molecule is CN(CCn1cc(N)cn1)C1CCSC1. The van der Waals surface area contributed by atoms with Crippen molar-refractivity contribution >= 4 is 17.4 Å². The van der Waals surface area contributed by atoms with Crippen molar-refractivity contribution in [3.05, 3.63) is 12.4 Å². The molecule has 0 radical (unpaired) electrons. The molecule has 0 saturated carbocycles. The molecule has 84 valence electrons. The normalized spacial score (nSPS) is 21.3. The molecule has 2 heterocycles. The largest absolute Gasteiger partial charge is 0.396 e. The van der Waals surface area contributed by atoms with Crippen molar-refractivity contribution in [2.75, 3.05) is 30.8 Å². The second-order valence-electron chi connectivity index (χ2n) is 4.03. The van der Waals surface area contributed by atoms with Gasteiger partial charge in [0.2, 0.25) is 0 Å². The van der Waals surface area contributed by atoms with Gasteiger partial charge in [0.05, 0.1) is 18.4 Å². The summed E-state index contributed by atoms with van der Waals surface area (Å²) in [6.45, 7) is 1.97. The van der Waals surface area contributed by atoms with Crippen LogP contribution in [0.2, 0.25) is 0 Å². The van der Waals surface area contributed by atoms with E-state index < -0.39 is 0 Å². The van der Waals surface area contributed by atoms with E-state index in [1.54, 1.807) is 6.20 Å². The van der Waals surface area contributed by atoms with Crippen LogP contribution in [0.4, 0.5) is 5.69 Å². The van der Waals surface area contributed by atoms with Gasteiger partial charge in [0.15, 0.2) is 0 Å². The van der Waals surface area contributed by atoms with Crippen molar-refractivity contribution in [2.24, 2.45) is 0 Å². The molecule has 0 amide bonds. The van der Waals surface area contributed by atoms with Gasteiger partial charge >= 0.3 is 0 Å². The minimum atomic E-state index is 0.745. The molecule has 4 nitrogen and oxygen atoms in total. The predicted octanol–water partition coefficient (Wildman–Crippen LogP) is 0.903. The third-order valence-corrected chi connectivity index (χ3v) is 4.01. The monoisotopic (exact) mass is 226 g/mol. The molecule has 0 bridgehead atoms. The lowest BCUT2D eigenvalue weighted by Crippen LogP contribution is -2.34. The Kier molecular flexibility index (Phi) is 3.53. The van der Waals surface area contributed by atoms with Gasteiger partial charge in [0.1, 0.15) is 0 Å². The molecule has 15 heavy (non-hydrogen) atoms. The molecule has 0 spiro atoms. The highest BCUT2D eigenvalue weighted by atomic mass is 32.2. The van der Waals surface area contributed by atoms with Crippen LogP contribution in [0.3, 0.4) is 0 Å². The van der Waals surface area contributed by atoms with Gasteiger partial charge in [0.25, 0.3) is 0 Å². The van der Waals surface area contributed by atoms with E-state index in [9.17, 15) is 0 Å². The first kappa shape index (κ1) is 10.8. The molecule has 1 atom stereocenters. The third-order valence-electron chi connectivity index (χ3n) is 2.86. The van der Waals surface area contributed by atoms with Crippen LogP contribution in [0.5, 0.6) is 0 Å². The van der Waals surface area contributed by atoms with Gasteiger partial charge in [-0.25, -0.2) is 0 Å². The Balaban J connectivity index is 1.77. The molecule has 0 aliphatic carbocycles. The lowest BCUT2D eigenvalue weighted by molar-refractivity contribution is 0.248. The number of nitrogens with two attached hydrogens (primary N) is 1. The van der Waals surface area contributed by atoms with Crippen LogP contribution >= 0.6 is 11.8 Å². The first-order valence-corrected chi connectivity index (χ1v) is 6.47. The molecule has 1 fully saturated rings. The van der Waals surface area contributed by atoms with E-state index in [4.69, 9.17) is 5.73 Å². The topological polar surface area (TPSA) is 47.1 Å². The fourth-order valence-corrected chi connectivity index (χ4v) is 3.11. The molecular weight excluding hydrogens is 208 g/mol. The lowest BCUT2D eigenvalue weighted by atomic mass is 10.2. The second kappa shape index (κ2) is 4.90. The number of rotatable bonds is 4. The first-order valence-electron chi connectivity index (χ1n) is 5.31. The number of anilines is 1. The average molecular weight is 226 g/mol. The molecule has 1 aromatic heterocycles. The minimum absolute atomic E-state index is 0.745. The molecule has 2 N–H and O–H groups in total. The second-order valence-corrected chi connectivity index (χ2v) is 5.18. The summed E-state index contributed by atoms with van der Waals surface area (Å²) >= 11 is 2.05. The maximum absolute atomic E-state index is 5.61. The summed E-state index contributed by atoms with van der Waals surface area (Å²) in [7, 11) is 2.20. The van der Waals surface area contributed by atoms with Crippen molar-refractivity contribution in [3.63, 3.8) is 0 Å². The van der Waals surface area contributed by atoms with E-state index in [1.165, 1.54) is 17.9 Å². The number of nitrogen functional groups attached to an aromatic ring is 1. The molecule has 5 heteroatoms. The van der Waals surface area contributed by atoms with Gasteiger partial charge < -0.3 is 10.6 Å². The highest BCUT2D eigenvalue weighted by molar-refractivity contribution is 7.99. The van der Waals surface area contributed by atoms with Gasteiger partial charge in [-0.3, -0.25) is 4.68 Å². The smallest absolute Gasteiger partial charge is 0.0719 e. The van der Waals surface area contributed by atoms with Crippen LogP contribution in [0.15, 0.2) is 12.4 Å². The molecule has 1 aliphatic heterocycles. The summed E-state index contributed by atoms with van der Waals surface area (Å²) in [6, 6.07) is 0.753. The maximum Gasteiger partial charge on any atom is 0.0719 e. The summed E-state index contributed by atoms with van der Waals surface area (Å²) in [5, 5.41) is 4.17. The zero-order valence-electron chi connectivity index (χ0n) is 9.09. The third kappa shape index (κ3) is 2.89. The van der Waals surface area contributed by atoms with Crippen molar-refractivity contribution in [3.8, 4) is 0 Å². The van der Waals surface area contributed by atoms with Gasteiger partial charge in [-0.15, -0.1) is 0 Å². The Morgan fingerprint density at radius 1 is 1.73 bits per heavy atom. The van der Waals surface area contributed by atoms with E-state index >= 15 is 0 Å². The summed E-state index contributed by atoms with van der Waals surface area (Å²) in [5.74, 6) is 2.58. The fraction of sp³-hybridized carbons (Fsp3) is 0.700. The molecular formula is C10H18N4S. The Morgan fingerprint density at radius 2 is 2.60 bits per heavy atom. The van der Waals surface area contributed by atoms with E-state index in [-0.39, 0.29) is 0 Å². The van der Waals surface area contributed by atoms with Crippen molar-refractivity contribution < 1.29 is 0 Å². The van der Waals surface area contributed by atoms with Crippen LogP contribution in [-0.4, -0.2) is 45.8 Å². The Bertz CT molecular complexity index is 306. The highest BCUT2D eigenvalue weighted by Crippen LogP contribution is 2.21. The first-order chi connectivity index (χ1) is 7.25. The Hall–Kier alpha value is -0.680. The molecule has 2 rings (SSSR count). The zero-order chi connectivity index (χ0) is 10.7. The van der Waals surface area contributed by atoms with Gasteiger partial charge in [-0.05, 0) is 19.2 Å². The molecule has 0 aromatic carbocycles. The maximum atomic E-state index is 5.61. The Morgan fingerprint density at radius 3 is 3.20 bits per heavy atom. The van der Waals surface area contributed by atoms with Crippen LogP contribution in [0.1, 0.15) is 6.42 Å². The summed E-state index contributed by atoms with van der Waals surface area (Å²) in [4.78, 5) is 2.43.